The van der Waals surface area contributed by atoms with Gasteiger partial charge < -0.3 is 19.9 Å². The Hall–Kier alpha value is -3.87. The van der Waals surface area contributed by atoms with Crippen LogP contribution in [0.3, 0.4) is 0 Å². The molecule has 7 heteroatoms. The Balaban J connectivity index is 1.50. The third kappa shape index (κ3) is 5.82. The quantitative estimate of drug-likeness (QED) is 0.397. The lowest BCUT2D eigenvalue weighted by atomic mass is 10.0. The Kier molecular flexibility index (Phi) is 8.05. The summed E-state index contributed by atoms with van der Waals surface area (Å²) in [5, 5.41) is 5.04. The SMILES string of the molecule is CC[C@H](C(=O)NC(C)(C)C)N(Cc1ccc(OC)cc1)C(=O)CCCN1C(=O)c2cccc3cccc1c23. The molecule has 1 heterocycles. The van der Waals surface area contributed by atoms with Crippen molar-refractivity contribution in [3.8, 4) is 5.75 Å². The zero-order valence-electron chi connectivity index (χ0n) is 22.9. The van der Waals surface area contributed by atoms with E-state index >= 15 is 0 Å². The van der Waals surface area contributed by atoms with Crippen LogP contribution in [-0.2, 0) is 16.1 Å². The molecule has 200 valence electrons. The van der Waals surface area contributed by atoms with E-state index in [0.29, 0.717) is 31.5 Å². The van der Waals surface area contributed by atoms with Crippen molar-refractivity contribution < 1.29 is 19.1 Å². The van der Waals surface area contributed by atoms with Crippen molar-refractivity contribution in [1.82, 2.24) is 10.2 Å². The number of hydrogen-bond acceptors (Lipinski definition) is 4. The van der Waals surface area contributed by atoms with Crippen LogP contribution >= 0.6 is 0 Å². The van der Waals surface area contributed by atoms with Crippen molar-refractivity contribution in [2.75, 3.05) is 18.6 Å². The fraction of sp³-hybridized carbons (Fsp3) is 0.387. The molecule has 0 bridgehead atoms. The first-order chi connectivity index (χ1) is 18.1. The van der Waals surface area contributed by atoms with Crippen molar-refractivity contribution in [2.45, 2.75) is 65.1 Å². The minimum Gasteiger partial charge on any atom is -0.497 e. The monoisotopic (exact) mass is 515 g/mol. The van der Waals surface area contributed by atoms with Crippen LogP contribution in [0, 0.1) is 0 Å². The molecule has 38 heavy (non-hydrogen) atoms. The Bertz CT molecular complexity index is 1320. The fourth-order valence-corrected chi connectivity index (χ4v) is 5.03. The molecule has 0 aliphatic carbocycles. The number of carbonyl (C=O) groups excluding carboxylic acids is 3. The van der Waals surface area contributed by atoms with Gasteiger partial charge in [-0.15, -0.1) is 0 Å². The van der Waals surface area contributed by atoms with Crippen LogP contribution in [0.1, 0.15) is 62.9 Å². The summed E-state index contributed by atoms with van der Waals surface area (Å²) < 4.78 is 5.26. The van der Waals surface area contributed by atoms with Gasteiger partial charge in [-0.05, 0) is 68.8 Å². The summed E-state index contributed by atoms with van der Waals surface area (Å²) in [5.74, 6) is 0.420. The van der Waals surface area contributed by atoms with Gasteiger partial charge in [0.05, 0.1) is 12.8 Å². The van der Waals surface area contributed by atoms with Gasteiger partial charge in [0.25, 0.3) is 5.91 Å². The van der Waals surface area contributed by atoms with E-state index < -0.39 is 11.6 Å². The molecule has 0 saturated carbocycles. The lowest BCUT2D eigenvalue weighted by Gasteiger charge is -2.33. The highest BCUT2D eigenvalue weighted by Crippen LogP contribution is 2.37. The predicted molar refractivity (Wildman–Crippen MR) is 150 cm³/mol. The highest BCUT2D eigenvalue weighted by molar-refractivity contribution is 6.25. The third-order valence-corrected chi connectivity index (χ3v) is 6.82. The maximum absolute atomic E-state index is 13.6. The van der Waals surface area contributed by atoms with Gasteiger partial charge in [0.15, 0.2) is 0 Å². The first-order valence-electron chi connectivity index (χ1n) is 13.2. The highest BCUT2D eigenvalue weighted by Gasteiger charge is 2.32. The largest absolute Gasteiger partial charge is 0.497 e. The van der Waals surface area contributed by atoms with Gasteiger partial charge >= 0.3 is 0 Å². The van der Waals surface area contributed by atoms with Crippen molar-refractivity contribution in [3.05, 3.63) is 71.8 Å². The van der Waals surface area contributed by atoms with Gasteiger partial charge in [-0.2, -0.15) is 0 Å². The van der Waals surface area contributed by atoms with E-state index in [2.05, 4.69) is 5.32 Å². The number of hydrogen-bond donors (Lipinski definition) is 1. The molecular weight excluding hydrogens is 478 g/mol. The summed E-state index contributed by atoms with van der Waals surface area (Å²) in [5.41, 5.74) is 2.10. The van der Waals surface area contributed by atoms with Crippen molar-refractivity contribution >= 4 is 34.2 Å². The average molecular weight is 516 g/mol. The zero-order chi connectivity index (χ0) is 27.4. The Morgan fingerprint density at radius 3 is 2.34 bits per heavy atom. The van der Waals surface area contributed by atoms with E-state index in [1.807, 2.05) is 88.4 Å². The van der Waals surface area contributed by atoms with E-state index in [1.54, 1.807) is 16.9 Å². The van der Waals surface area contributed by atoms with Crippen molar-refractivity contribution in [1.29, 1.82) is 0 Å². The van der Waals surface area contributed by atoms with E-state index in [9.17, 15) is 14.4 Å². The first kappa shape index (κ1) is 27.2. The molecule has 1 aliphatic heterocycles. The molecule has 3 aromatic rings. The zero-order valence-corrected chi connectivity index (χ0v) is 22.9. The predicted octanol–water partition coefficient (Wildman–Crippen LogP) is 5.31. The van der Waals surface area contributed by atoms with Gasteiger partial charge in [0, 0.05) is 36.0 Å². The van der Waals surface area contributed by atoms with Crippen LogP contribution in [0.25, 0.3) is 10.8 Å². The van der Waals surface area contributed by atoms with Crippen LogP contribution in [0.5, 0.6) is 5.75 Å². The van der Waals surface area contributed by atoms with E-state index in [0.717, 1.165) is 27.8 Å². The molecular formula is C31H37N3O4. The van der Waals surface area contributed by atoms with E-state index in [4.69, 9.17) is 4.74 Å². The maximum Gasteiger partial charge on any atom is 0.258 e. The van der Waals surface area contributed by atoms with Gasteiger partial charge in [-0.1, -0.05) is 43.3 Å². The lowest BCUT2D eigenvalue weighted by molar-refractivity contribution is -0.142. The number of ether oxygens (including phenoxy) is 1. The molecule has 0 fully saturated rings. The number of nitrogens with zero attached hydrogens (tertiary/aromatic N) is 2. The number of carbonyl (C=O) groups is 3. The number of anilines is 1. The molecule has 0 unspecified atom stereocenters. The van der Waals surface area contributed by atoms with Gasteiger partial charge in [-0.25, -0.2) is 0 Å². The fourth-order valence-electron chi connectivity index (χ4n) is 5.03. The number of nitrogens with one attached hydrogen (secondary N) is 1. The molecule has 1 N–H and O–H groups in total. The average Bonchev–Trinajstić information content (AvgIpc) is 3.16. The van der Waals surface area contributed by atoms with Crippen LogP contribution in [-0.4, -0.2) is 47.9 Å². The number of amides is 3. The molecule has 0 saturated heterocycles. The summed E-state index contributed by atoms with van der Waals surface area (Å²) in [4.78, 5) is 43.4. The van der Waals surface area contributed by atoms with Crippen LogP contribution < -0.4 is 15.0 Å². The second kappa shape index (κ2) is 11.3. The van der Waals surface area contributed by atoms with Crippen LogP contribution in [0.15, 0.2) is 60.7 Å². The summed E-state index contributed by atoms with van der Waals surface area (Å²) in [6, 6.07) is 18.6. The normalized spacial score (nSPS) is 13.5. The third-order valence-electron chi connectivity index (χ3n) is 6.82. The van der Waals surface area contributed by atoms with Crippen LogP contribution in [0.4, 0.5) is 5.69 Å². The van der Waals surface area contributed by atoms with Gasteiger partial charge in [0.2, 0.25) is 11.8 Å². The standard InChI is InChI=1S/C31H37N3O4/c1-6-25(29(36)32-31(2,3)4)34(20-21-15-17-23(38-5)18-16-21)27(35)14-9-19-33-26-13-8-11-22-10-7-12-24(28(22)26)30(33)37/h7-8,10-13,15-18,25H,6,9,14,19-20H2,1-5H3,(H,32,36)/t25-/m1/s1. The lowest BCUT2D eigenvalue weighted by Crippen LogP contribution is -2.53. The second-order valence-corrected chi connectivity index (χ2v) is 10.8. The van der Waals surface area contributed by atoms with Crippen molar-refractivity contribution in [2.24, 2.45) is 0 Å². The molecule has 3 aromatic carbocycles. The number of rotatable bonds is 10. The second-order valence-electron chi connectivity index (χ2n) is 10.8. The molecule has 1 aliphatic rings. The molecule has 4 rings (SSSR count). The topological polar surface area (TPSA) is 79.0 Å². The van der Waals surface area contributed by atoms with Crippen molar-refractivity contribution in [3.63, 3.8) is 0 Å². The molecule has 0 aromatic heterocycles. The summed E-state index contributed by atoms with van der Waals surface area (Å²) in [6.07, 6.45) is 1.21. The molecule has 1 atom stereocenters. The number of benzene rings is 3. The highest BCUT2D eigenvalue weighted by atomic mass is 16.5. The summed E-state index contributed by atoms with van der Waals surface area (Å²) in [7, 11) is 1.61. The smallest absolute Gasteiger partial charge is 0.258 e. The molecule has 3 amide bonds. The van der Waals surface area contributed by atoms with Gasteiger partial charge in [-0.3, -0.25) is 14.4 Å². The summed E-state index contributed by atoms with van der Waals surface area (Å²) >= 11 is 0. The van der Waals surface area contributed by atoms with E-state index in [1.165, 1.54) is 0 Å². The van der Waals surface area contributed by atoms with Gasteiger partial charge in [0.1, 0.15) is 11.8 Å². The first-order valence-corrected chi connectivity index (χ1v) is 13.2. The molecule has 0 radical (unpaired) electrons. The minimum atomic E-state index is -0.602. The Labute approximate surface area is 224 Å². The Morgan fingerprint density at radius 2 is 1.71 bits per heavy atom. The summed E-state index contributed by atoms with van der Waals surface area (Å²) in [6.45, 7) is 8.45. The number of methoxy groups -OCH3 is 1. The molecule has 7 nitrogen and oxygen atoms in total. The van der Waals surface area contributed by atoms with Crippen LogP contribution in [0.2, 0.25) is 0 Å². The van der Waals surface area contributed by atoms with E-state index in [-0.39, 0.29) is 24.1 Å². The Morgan fingerprint density at radius 1 is 1.03 bits per heavy atom. The minimum absolute atomic E-state index is 0.0321. The molecule has 0 spiro atoms. The maximum atomic E-state index is 13.6.